The molecule has 25 atom stereocenters. The third kappa shape index (κ3) is 43.9. The van der Waals surface area contributed by atoms with Crippen LogP contribution in [0.5, 0.6) is 17.2 Å². The van der Waals surface area contributed by atoms with Gasteiger partial charge in [-0.2, -0.15) is 5.26 Å². The van der Waals surface area contributed by atoms with E-state index >= 15 is 0 Å². The average Bonchev–Trinajstić information content (AvgIpc) is 0.791. The van der Waals surface area contributed by atoms with Gasteiger partial charge < -0.3 is 127 Å². The standard InChI is InChI=1S/C19H23NO10.C19H21NO10.C19H25NO8.C14H20O8.C12H17BrO6.C2H3N.C2H4O2.CH4O.BrH.2H2O.Pd/c2*1-9-16(10(2)22)30-19(18(28-12(4)24)17(9)27-11(3)23)29-15-6-5-13(8-21)7-14(15)20(25)26;1-9-16(10(2)22)28-19(18(26-12(4)24)17(9)25-11(3)23)27-15-6-5-13(8-21)7-14(15)20;1-6-11(7(2)15)22-14(21-10(5)18)13(20-9(4)17)12(6)19-8(3)16;1-5-9(6(2)14)19-12(13)11(18-8(4)16)10(5)17-7(3)15;1-2-3;1-2(3)4;1-2;;;;/h5-7,9,16-19,21H,8H2,1-4H3;5-9,16-19H,1-4H3;5-7,9,16-19,21H,8,20H2,1-4H3;6,11-14H,1-5H3;5,9-12H,1-4H3;1H3;1H3,(H,3,4);2H,1H3;1H;2*1H2;/t3*9-,16+,17+,18-,19-;6-,11+,12+,13-,14-;5-,9+,10+,11-,12-;;;;;;;/m11111......./s1. The van der Waals surface area contributed by atoms with Gasteiger partial charge in [0.2, 0.25) is 49.6 Å². The summed E-state index contributed by atoms with van der Waals surface area (Å²) in [5.41, 5.74) is 6.08. The van der Waals surface area contributed by atoms with Crippen molar-refractivity contribution in [3.63, 3.8) is 0 Å². The third-order valence-corrected chi connectivity index (χ3v) is 20.1. The molecule has 8 rings (SSSR count). The first-order valence-corrected chi connectivity index (χ1v) is 42.6. The monoisotopic (exact) mass is 2250 g/mol. The summed E-state index contributed by atoms with van der Waals surface area (Å²) in [5, 5.41) is 62.2. The van der Waals surface area contributed by atoms with E-state index in [1.807, 2.05) is 0 Å². The number of aliphatic hydroxyl groups excluding tert-OH is 3. The predicted molar refractivity (Wildman–Crippen MR) is 485 cm³/mol. The summed E-state index contributed by atoms with van der Waals surface area (Å²) in [4.78, 5) is 226. The van der Waals surface area contributed by atoms with Crippen molar-refractivity contribution in [1.82, 2.24) is 0 Å². The first kappa shape index (κ1) is 136. The summed E-state index contributed by atoms with van der Waals surface area (Å²) in [7, 11) is 1.00. The van der Waals surface area contributed by atoms with E-state index in [9.17, 15) is 112 Å². The molecule has 5 fully saturated rings. The van der Waals surface area contributed by atoms with Gasteiger partial charge in [-0.25, -0.2) is 0 Å². The third-order valence-electron chi connectivity index (χ3n) is 19.3. The van der Waals surface area contributed by atoms with Gasteiger partial charge in [-0.05, 0) is 76.1 Å². The van der Waals surface area contributed by atoms with Gasteiger partial charge in [0, 0.05) is 165 Å². The fourth-order valence-electron chi connectivity index (χ4n) is 14.1. The van der Waals surface area contributed by atoms with Crippen LogP contribution < -0.4 is 19.9 Å². The SMILES string of the molecule is Br.CC#N.CC(=O)O.CC(=O)O[C@@H]1O[C@H](C(C)=O)[C@@H](C)[C@H](OC(C)=O)[C@H]1OC(C)=O.CC(=O)O[C@@H]1[C@@H](OC(C)=O)[C@H](C)[C@@H](C(C)=O)O[C@H]1Br.CC(=O)O[C@H]1[C@H](Oc2ccc(C=O)cc2[N+](=O)[O-])O[C@H](C(C)=O)[C@@H](C)[C@@H]1OC(C)=O.CC(=O)O[C@H]1[C@H](Oc2ccc(CO)cc2N)O[C@H](C(C)=O)[C@@H](C)[C@@H]1OC(C)=O.CC(=O)O[C@H]1[C@H](Oc2ccc(CO)cc2[N+](=O)[O-])O[C@H](C(C)=O)[C@@H](C)[C@@H]1OC(C)=O.CO.O.O.[Pd]. The van der Waals surface area contributed by atoms with Crippen LogP contribution in [0.25, 0.3) is 0 Å². The number of aliphatic hydroxyl groups is 3. The molecule has 54 heteroatoms. The molecule has 800 valence electrons. The van der Waals surface area contributed by atoms with Crippen LogP contribution in [-0.2, 0) is 191 Å². The normalized spacial score (nSPS) is 25.9. The van der Waals surface area contributed by atoms with E-state index in [-0.39, 0.29) is 112 Å². The second-order valence-corrected chi connectivity index (χ2v) is 31.7. The minimum absolute atomic E-state index is 0. The molecule has 3 aromatic carbocycles. The fraction of sp³-hybridized carbons (Fsp3) is 0.580. The Morgan fingerprint density at radius 3 is 0.845 bits per heavy atom. The molecule has 142 heavy (non-hydrogen) atoms. The smallest absolute Gasteiger partial charge is 0.311 e. The van der Waals surface area contributed by atoms with Crippen molar-refractivity contribution in [2.75, 3.05) is 12.8 Å². The Labute approximate surface area is 847 Å². The van der Waals surface area contributed by atoms with Gasteiger partial charge in [-0.3, -0.25) is 107 Å². The number of hydrogen-bond acceptors (Lipinski definition) is 46. The van der Waals surface area contributed by atoms with Crippen molar-refractivity contribution in [3.8, 4) is 23.3 Å². The topological polar surface area (TPSA) is 763 Å². The van der Waals surface area contributed by atoms with E-state index in [0.717, 1.165) is 67.7 Å². The van der Waals surface area contributed by atoms with E-state index in [0.29, 0.717) is 11.8 Å². The number of nitrogens with zero attached hydrogens (tertiary/aromatic N) is 3. The molecule has 0 bridgehead atoms. The van der Waals surface area contributed by atoms with Crippen molar-refractivity contribution in [1.29, 1.82) is 5.26 Å². The van der Waals surface area contributed by atoms with Crippen molar-refractivity contribution < 1.29 is 238 Å². The maximum absolute atomic E-state index is 12.1. The van der Waals surface area contributed by atoms with Crippen molar-refractivity contribution in [2.24, 2.45) is 29.6 Å². The Hall–Kier alpha value is -12.0. The summed E-state index contributed by atoms with van der Waals surface area (Å²) in [6.45, 7) is 29.6. The Kier molecular flexibility index (Phi) is 63.3. The van der Waals surface area contributed by atoms with Crippen LogP contribution in [0.4, 0.5) is 17.1 Å². The number of hydrogen-bond donors (Lipinski definition) is 5. The zero-order valence-electron chi connectivity index (χ0n) is 81.7. The number of carbonyl (C=O) groups excluding carboxylic acids is 17. The molecule has 10 N–H and O–H groups in total. The summed E-state index contributed by atoms with van der Waals surface area (Å²) in [6, 6.07) is 13.6. The number of nitro benzene ring substituents is 2. The van der Waals surface area contributed by atoms with Crippen LogP contribution in [0.3, 0.4) is 0 Å². The molecular formula is C88H122Br2N4O47Pd. The van der Waals surface area contributed by atoms with Gasteiger partial charge in [-0.1, -0.05) is 62.7 Å². The van der Waals surface area contributed by atoms with Gasteiger partial charge in [-0.15, -0.1) is 17.0 Å². The first-order chi connectivity index (χ1) is 64.2. The summed E-state index contributed by atoms with van der Waals surface area (Å²) >= 11 is 3.21. The number of rotatable bonds is 27. The van der Waals surface area contributed by atoms with Crippen LogP contribution in [0, 0.1) is 61.1 Å². The molecule has 3 aromatic rings. The number of aliphatic carboxylic acids is 1. The van der Waals surface area contributed by atoms with Gasteiger partial charge in [0.05, 0.1) is 34.8 Å². The van der Waals surface area contributed by atoms with E-state index < -0.39 is 257 Å². The van der Waals surface area contributed by atoms with Crippen molar-refractivity contribution in [3.05, 3.63) is 91.5 Å². The number of nitrogen functional groups attached to an aromatic ring is 1. The number of nitrogens with two attached hydrogens (primary N) is 1. The molecule has 5 heterocycles. The Morgan fingerprint density at radius 2 is 0.599 bits per heavy atom. The number of esters is 11. The molecule has 0 aromatic heterocycles. The number of carboxylic acid groups (broad SMARTS) is 1. The van der Waals surface area contributed by atoms with Crippen molar-refractivity contribution in [2.45, 2.75) is 294 Å². The van der Waals surface area contributed by atoms with E-state index in [1.165, 1.54) is 113 Å². The first-order valence-electron chi connectivity index (χ1n) is 41.6. The number of alkyl halides is 1. The van der Waals surface area contributed by atoms with Crippen LogP contribution in [0.15, 0.2) is 54.6 Å². The number of aldehydes is 1. The number of benzene rings is 3. The molecular weight excluding hydrogens is 2130 g/mol. The molecule has 0 spiro atoms. The van der Waals surface area contributed by atoms with Crippen LogP contribution in [-0.4, -0.2) is 277 Å². The predicted octanol–water partition coefficient (Wildman–Crippen LogP) is 4.54. The minimum Gasteiger partial charge on any atom is -0.481 e. The quantitative estimate of drug-likeness (QED) is 0.0102. The number of anilines is 1. The molecule has 0 amide bonds. The number of carboxylic acids is 1. The van der Waals surface area contributed by atoms with Crippen LogP contribution >= 0.6 is 32.9 Å². The van der Waals surface area contributed by atoms with Gasteiger partial charge >= 0.3 is 77.0 Å². The minimum atomic E-state index is -1.50. The number of halogens is 2. The zero-order valence-corrected chi connectivity index (χ0v) is 86.5. The van der Waals surface area contributed by atoms with E-state index in [4.69, 9.17) is 116 Å². The Morgan fingerprint density at radius 1 is 0.387 bits per heavy atom. The average molecular weight is 2250 g/mol. The van der Waals surface area contributed by atoms with Gasteiger partial charge in [0.15, 0.2) is 75.9 Å². The summed E-state index contributed by atoms with van der Waals surface area (Å²) in [5.74, 6) is -12.6. The number of ketones is 5. The Balaban J connectivity index is -0.000000820. The largest absolute Gasteiger partial charge is 0.481 e. The fourth-order valence-corrected chi connectivity index (χ4v) is 14.7. The van der Waals surface area contributed by atoms with E-state index in [2.05, 4.69) is 15.9 Å². The molecule has 0 unspecified atom stereocenters. The molecule has 0 aliphatic carbocycles. The number of nitro groups is 2. The van der Waals surface area contributed by atoms with Crippen LogP contribution in [0.2, 0.25) is 0 Å². The Bertz CT molecular complexity index is 4820. The maximum Gasteiger partial charge on any atom is 0.311 e. The molecule has 0 saturated carbocycles. The van der Waals surface area contributed by atoms with E-state index in [1.54, 1.807) is 46.8 Å². The van der Waals surface area contributed by atoms with Crippen LogP contribution in [0.1, 0.15) is 181 Å². The van der Waals surface area contributed by atoms with Gasteiger partial charge in [0.1, 0.15) is 48.7 Å². The zero-order chi connectivity index (χ0) is 106. The summed E-state index contributed by atoms with van der Waals surface area (Å²) in [6.07, 6.45) is -20.3. The molecule has 51 nitrogen and oxygen atoms in total. The molecule has 5 aliphatic rings. The molecule has 5 aliphatic heterocycles. The maximum atomic E-state index is 12.1. The number of nitriles is 1. The summed E-state index contributed by atoms with van der Waals surface area (Å²) < 4.78 is 102. The van der Waals surface area contributed by atoms with Crippen molar-refractivity contribution >= 4 is 157 Å². The van der Waals surface area contributed by atoms with Gasteiger partial charge in [0.25, 0.3) is 5.97 Å². The second kappa shape index (κ2) is 66.0. The molecule has 5 saturated heterocycles. The number of ether oxygens (including phenoxy) is 19. The number of carbonyl (C=O) groups is 18. The number of Topliss-reactive ketones (excluding diaryl/α,β-unsaturated/α-hetero) is 5. The second-order valence-electron chi connectivity index (χ2n) is 30.8. The molecule has 0 radical (unpaired) electrons.